The third-order valence-corrected chi connectivity index (χ3v) is 6.24. The van der Waals surface area contributed by atoms with Crippen LogP contribution in [0.15, 0.2) is 58.4 Å². The summed E-state index contributed by atoms with van der Waals surface area (Å²) in [6.07, 6.45) is 0.909. The molecule has 0 radical (unpaired) electrons. The van der Waals surface area contributed by atoms with Crippen molar-refractivity contribution in [3.05, 3.63) is 59.7 Å². The van der Waals surface area contributed by atoms with Crippen LogP contribution in [0.1, 0.15) is 18.1 Å². The third kappa shape index (κ3) is 6.68. The highest BCUT2D eigenvalue weighted by Gasteiger charge is 2.22. The van der Waals surface area contributed by atoms with E-state index in [9.17, 15) is 8.42 Å². The Morgan fingerprint density at radius 2 is 2.03 bits per heavy atom. The average molecular weight is 447 g/mol. The van der Waals surface area contributed by atoms with Crippen LogP contribution in [0.25, 0.3) is 0 Å². The zero-order chi connectivity index (χ0) is 22.1. The lowest BCUT2D eigenvalue weighted by atomic mass is 10.1. The molecule has 2 aromatic carbocycles. The van der Waals surface area contributed by atoms with Gasteiger partial charge in [0.25, 0.3) is 0 Å². The molecule has 0 aliphatic carbocycles. The largest absolute Gasteiger partial charge is 0.488 e. The standard InChI is InChI=1S/C22H30N4O4S/c1-3-23-22(25-16-19-14-18-8-4-5-10-21(18)30-19)24-15-17-7-6-9-20(13-17)31(27,28)26-11-12-29-2/h4-10,13,19,26H,3,11-12,14-16H2,1-2H3,(H2,23,24,25). The van der Waals surface area contributed by atoms with Gasteiger partial charge in [-0.25, -0.2) is 18.1 Å². The molecule has 0 aromatic heterocycles. The molecule has 1 heterocycles. The van der Waals surface area contributed by atoms with Gasteiger partial charge >= 0.3 is 0 Å². The fraction of sp³-hybridized carbons (Fsp3) is 0.409. The first kappa shape index (κ1) is 23.1. The first-order valence-corrected chi connectivity index (χ1v) is 11.8. The van der Waals surface area contributed by atoms with Crippen molar-refractivity contribution in [3.8, 4) is 5.75 Å². The summed E-state index contributed by atoms with van der Waals surface area (Å²) in [6.45, 7) is 4.23. The number of para-hydroxylation sites is 1. The molecule has 0 fully saturated rings. The van der Waals surface area contributed by atoms with Crippen molar-refractivity contribution in [2.24, 2.45) is 4.99 Å². The van der Waals surface area contributed by atoms with Crippen LogP contribution in [-0.2, 0) is 27.7 Å². The number of guanidine groups is 1. The molecule has 168 valence electrons. The lowest BCUT2D eigenvalue weighted by Crippen LogP contribution is -2.42. The molecular weight excluding hydrogens is 416 g/mol. The van der Waals surface area contributed by atoms with Gasteiger partial charge in [0, 0.05) is 26.6 Å². The number of sulfonamides is 1. The molecule has 0 saturated carbocycles. The maximum Gasteiger partial charge on any atom is 0.240 e. The number of hydrogen-bond donors (Lipinski definition) is 3. The van der Waals surface area contributed by atoms with E-state index in [4.69, 9.17) is 9.47 Å². The van der Waals surface area contributed by atoms with Crippen LogP contribution in [0.2, 0.25) is 0 Å². The van der Waals surface area contributed by atoms with Gasteiger partial charge in [0.05, 0.1) is 24.6 Å². The second-order valence-corrected chi connectivity index (χ2v) is 8.93. The normalized spacial score (nSPS) is 15.9. The second kappa shape index (κ2) is 11.1. The molecule has 0 saturated heterocycles. The molecule has 1 unspecified atom stereocenters. The summed E-state index contributed by atoms with van der Waals surface area (Å²) >= 11 is 0. The number of hydrogen-bond acceptors (Lipinski definition) is 5. The SMILES string of the molecule is CCNC(=NCc1cccc(S(=O)(=O)NCCOC)c1)NCC1Cc2ccccc2O1. The lowest BCUT2D eigenvalue weighted by Gasteiger charge is -2.15. The molecule has 1 aliphatic rings. The summed E-state index contributed by atoms with van der Waals surface area (Å²) in [4.78, 5) is 4.81. The molecule has 8 nitrogen and oxygen atoms in total. The van der Waals surface area contributed by atoms with Gasteiger partial charge in [-0.1, -0.05) is 30.3 Å². The number of fused-ring (bicyclic) bond motifs is 1. The van der Waals surface area contributed by atoms with Gasteiger partial charge in [0.15, 0.2) is 5.96 Å². The summed E-state index contributed by atoms with van der Waals surface area (Å²) in [5.41, 5.74) is 2.02. The molecule has 2 aromatic rings. The Morgan fingerprint density at radius 1 is 1.19 bits per heavy atom. The maximum absolute atomic E-state index is 12.4. The van der Waals surface area contributed by atoms with Gasteiger partial charge in [-0.05, 0) is 36.2 Å². The van der Waals surface area contributed by atoms with E-state index >= 15 is 0 Å². The molecule has 1 atom stereocenters. The summed E-state index contributed by atoms with van der Waals surface area (Å²) in [7, 11) is -2.05. The quantitative estimate of drug-likeness (QED) is 0.292. The molecular formula is C22H30N4O4S. The number of benzene rings is 2. The smallest absolute Gasteiger partial charge is 0.240 e. The Balaban J connectivity index is 1.59. The summed E-state index contributed by atoms with van der Waals surface area (Å²) < 4.78 is 38.2. The molecule has 31 heavy (non-hydrogen) atoms. The Bertz CT molecular complexity index is 970. The molecule has 0 amide bonds. The molecule has 9 heteroatoms. The zero-order valence-electron chi connectivity index (χ0n) is 17.9. The van der Waals surface area contributed by atoms with Crippen molar-refractivity contribution in [1.29, 1.82) is 0 Å². The minimum absolute atomic E-state index is 0.0490. The monoisotopic (exact) mass is 446 g/mol. The predicted octanol–water partition coefficient (Wildman–Crippen LogP) is 1.67. The van der Waals surface area contributed by atoms with Crippen LogP contribution in [0.4, 0.5) is 0 Å². The highest BCUT2D eigenvalue weighted by molar-refractivity contribution is 7.89. The highest BCUT2D eigenvalue weighted by Crippen LogP contribution is 2.27. The molecule has 0 spiro atoms. The Kier molecular flexibility index (Phi) is 8.27. The van der Waals surface area contributed by atoms with E-state index in [1.165, 1.54) is 12.7 Å². The van der Waals surface area contributed by atoms with Gasteiger partial charge in [-0.15, -0.1) is 0 Å². The summed E-state index contributed by atoms with van der Waals surface area (Å²) in [5, 5.41) is 6.53. The van der Waals surface area contributed by atoms with Crippen LogP contribution < -0.4 is 20.1 Å². The molecule has 0 bridgehead atoms. The maximum atomic E-state index is 12.4. The minimum atomic E-state index is -3.58. The number of methoxy groups -OCH3 is 1. The van der Waals surface area contributed by atoms with Gasteiger partial charge in [0.2, 0.25) is 10.0 Å². The number of nitrogens with zero attached hydrogens (tertiary/aromatic N) is 1. The number of rotatable bonds is 10. The molecule has 3 rings (SSSR count). The summed E-state index contributed by atoms with van der Waals surface area (Å²) in [6, 6.07) is 14.9. The van der Waals surface area contributed by atoms with Crippen LogP contribution in [0, 0.1) is 0 Å². The van der Waals surface area contributed by atoms with E-state index in [0.29, 0.717) is 25.7 Å². The fourth-order valence-electron chi connectivity index (χ4n) is 3.26. The van der Waals surface area contributed by atoms with Gasteiger partial charge in [-0.3, -0.25) is 0 Å². The highest BCUT2D eigenvalue weighted by atomic mass is 32.2. The van der Waals surface area contributed by atoms with Crippen molar-refractivity contribution in [2.75, 3.05) is 33.4 Å². The number of ether oxygens (including phenoxy) is 2. The average Bonchev–Trinajstić information content (AvgIpc) is 3.19. The Morgan fingerprint density at radius 3 is 2.81 bits per heavy atom. The third-order valence-electron chi connectivity index (χ3n) is 4.78. The van der Waals surface area contributed by atoms with Crippen LogP contribution >= 0.6 is 0 Å². The molecule has 3 N–H and O–H groups in total. The van der Waals surface area contributed by atoms with Crippen molar-refractivity contribution in [1.82, 2.24) is 15.4 Å². The van der Waals surface area contributed by atoms with Gasteiger partial charge < -0.3 is 20.1 Å². The van der Waals surface area contributed by atoms with Crippen LogP contribution in [-0.4, -0.2) is 53.8 Å². The topological polar surface area (TPSA) is 101 Å². The first-order chi connectivity index (χ1) is 15.0. The zero-order valence-corrected chi connectivity index (χ0v) is 18.7. The van der Waals surface area contributed by atoms with Crippen molar-refractivity contribution in [3.63, 3.8) is 0 Å². The minimum Gasteiger partial charge on any atom is -0.488 e. The number of aliphatic imine (C=N–C) groups is 1. The van der Waals surface area contributed by atoms with E-state index in [1.807, 2.05) is 31.2 Å². The van der Waals surface area contributed by atoms with E-state index < -0.39 is 10.0 Å². The molecule has 1 aliphatic heterocycles. The lowest BCUT2D eigenvalue weighted by molar-refractivity contribution is 0.204. The number of nitrogens with one attached hydrogen (secondary N) is 3. The summed E-state index contributed by atoms with van der Waals surface area (Å²) in [5.74, 6) is 1.60. The Hall–Kier alpha value is -2.62. The van der Waals surface area contributed by atoms with E-state index in [0.717, 1.165) is 24.3 Å². The van der Waals surface area contributed by atoms with Crippen molar-refractivity contribution >= 4 is 16.0 Å². The predicted molar refractivity (Wildman–Crippen MR) is 121 cm³/mol. The van der Waals surface area contributed by atoms with Crippen LogP contribution in [0.3, 0.4) is 0 Å². The Labute approximate surface area is 184 Å². The van der Waals surface area contributed by atoms with Crippen molar-refractivity contribution in [2.45, 2.75) is 30.9 Å². The van der Waals surface area contributed by atoms with Gasteiger partial charge in [0.1, 0.15) is 11.9 Å². The van der Waals surface area contributed by atoms with Gasteiger partial charge in [-0.2, -0.15) is 0 Å². The van der Waals surface area contributed by atoms with Crippen molar-refractivity contribution < 1.29 is 17.9 Å². The van der Waals surface area contributed by atoms with Crippen LogP contribution in [0.5, 0.6) is 5.75 Å². The second-order valence-electron chi connectivity index (χ2n) is 7.17. The van der Waals surface area contributed by atoms with E-state index in [2.05, 4.69) is 26.4 Å². The first-order valence-electron chi connectivity index (χ1n) is 10.4. The van der Waals surface area contributed by atoms with E-state index in [-0.39, 0.29) is 17.5 Å². The van der Waals surface area contributed by atoms with E-state index in [1.54, 1.807) is 18.2 Å². The fourth-order valence-corrected chi connectivity index (χ4v) is 4.35.